The number of hydrogen-bond acceptors (Lipinski definition) is 4. The molecular formula is C15H11F4N3O2S. The summed E-state index contributed by atoms with van der Waals surface area (Å²) in [4.78, 5) is 16.8. The van der Waals surface area contributed by atoms with Crippen LogP contribution in [0.1, 0.15) is 0 Å². The van der Waals surface area contributed by atoms with E-state index in [9.17, 15) is 22.4 Å². The zero-order valence-corrected chi connectivity index (χ0v) is 13.3. The number of hydrogen-bond donors (Lipinski definition) is 1. The number of aromatic nitrogens is 2. The Morgan fingerprint density at radius 3 is 2.68 bits per heavy atom. The maximum Gasteiger partial charge on any atom is 0.411 e. The summed E-state index contributed by atoms with van der Waals surface area (Å²) in [5, 5.41) is 4.24. The Balaban J connectivity index is 1.82. The quantitative estimate of drug-likeness (QED) is 0.694. The number of halogens is 4. The number of amides is 1. The summed E-state index contributed by atoms with van der Waals surface area (Å²) >= 11 is 1.31. The fourth-order valence-electron chi connectivity index (χ4n) is 2.14. The molecule has 1 aromatic carbocycles. The van der Waals surface area contributed by atoms with Crippen molar-refractivity contribution >= 4 is 28.0 Å². The van der Waals surface area contributed by atoms with Gasteiger partial charge in [-0.1, -0.05) is 0 Å². The van der Waals surface area contributed by atoms with Crippen LogP contribution in [0.3, 0.4) is 0 Å². The number of carbonyl (C=O) groups is 1. The average Bonchev–Trinajstić information content (AvgIpc) is 3.10. The number of nitrogens with one attached hydrogen (secondary N) is 1. The predicted molar refractivity (Wildman–Crippen MR) is 84.0 cm³/mol. The number of imidazole rings is 1. The van der Waals surface area contributed by atoms with E-state index in [0.29, 0.717) is 16.2 Å². The van der Waals surface area contributed by atoms with E-state index in [4.69, 9.17) is 0 Å². The number of rotatable bonds is 5. The van der Waals surface area contributed by atoms with Gasteiger partial charge >= 0.3 is 6.18 Å². The second-order valence-electron chi connectivity index (χ2n) is 5.03. The van der Waals surface area contributed by atoms with Crippen molar-refractivity contribution in [2.45, 2.75) is 6.18 Å². The molecule has 0 aliphatic carbocycles. The highest BCUT2D eigenvalue weighted by molar-refractivity contribution is 7.15. The first kappa shape index (κ1) is 17.4. The van der Waals surface area contributed by atoms with E-state index in [1.165, 1.54) is 35.6 Å². The SMILES string of the molecule is O=C(COCC(F)(F)F)Nc1c(-c2ccc(F)cc2)nc2sccn12. The fourth-order valence-corrected chi connectivity index (χ4v) is 2.86. The summed E-state index contributed by atoms with van der Waals surface area (Å²) in [7, 11) is 0. The number of nitrogens with zero attached hydrogens (tertiary/aromatic N) is 2. The third kappa shape index (κ3) is 4.15. The van der Waals surface area contributed by atoms with Gasteiger partial charge in [0.05, 0.1) is 0 Å². The van der Waals surface area contributed by atoms with Crippen molar-refractivity contribution < 1.29 is 27.1 Å². The molecule has 0 unspecified atom stereocenters. The van der Waals surface area contributed by atoms with Gasteiger partial charge in [-0.3, -0.25) is 9.20 Å². The lowest BCUT2D eigenvalue weighted by Crippen LogP contribution is -2.24. The average molecular weight is 373 g/mol. The molecule has 1 amide bonds. The van der Waals surface area contributed by atoms with Gasteiger partial charge in [0, 0.05) is 17.1 Å². The number of carbonyl (C=O) groups excluding carboxylic acids is 1. The van der Waals surface area contributed by atoms with E-state index in [2.05, 4.69) is 15.0 Å². The summed E-state index contributed by atoms with van der Waals surface area (Å²) in [5.74, 6) is -0.889. The molecule has 0 spiro atoms. The lowest BCUT2D eigenvalue weighted by molar-refractivity contribution is -0.174. The minimum absolute atomic E-state index is 0.281. The first-order valence-corrected chi connectivity index (χ1v) is 7.87. The van der Waals surface area contributed by atoms with Crippen molar-refractivity contribution in [1.82, 2.24) is 9.38 Å². The summed E-state index contributed by atoms with van der Waals surface area (Å²) in [6.45, 7) is -2.26. The third-order valence-electron chi connectivity index (χ3n) is 3.14. The molecule has 3 rings (SSSR count). The maximum absolute atomic E-state index is 13.1. The Morgan fingerprint density at radius 2 is 2.00 bits per heavy atom. The van der Waals surface area contributed by atoms with Crippen molar-refractivity contribution in [3.8, 4) is 11.3 Å². The molecule has 25 heavy (non-hydrogen) atoms. The van der Waals surface area contributed by atoms with E-state index in [1.54, 1.807) is 16.0 Å². The Labute approximate surface area is 142 Å². The normalized spacial score (nSPS) is 11.8. The number of thiazole rings is 1. The third-order valence-corrected chi connectivity index (χ3v) is 3.89. The van der Waals surface area contributed by atoms with Crippen LogP contribution < -0.4 is 5.32 Å². The molecule has 0 saturated heterocycles. The van der Waals surface area contributed by atoms with Gasteiger partial charge in [0.1, 0.15) is 30.5 Å². The molecule has 132 valence electrons. The van der Waals surface area contributed by atoms with Gasteiger partial charge in [-0.25, -0.2) is 9.37 Å². The van der Waals surface area contributed by atoms with Gasteiger partial charge in [-0.05, 0) is 24.3 Å². The Kier molecular flexibility index (Phi) is 4.73. The molecule has 2 heterocycles. The van der Waals surface area contributed by atoms with E-state index >= 15 is 0 Å². The zero-order valence-electron chi connectivity index (χ0n) is 12.5. The largest absolute Gasteiger partial charge is 0.411 e. The van der Waals surface area contributed by atoms with Crippen molar-refractivity contribution in [2.75, 3.05) is 18.5 Å². The van der Waals surface area contributed by atoms with Crippen LogP contribution in [0.5, 0.6) is 0 Å². The molecule has 0 fully saturated rings. The van der Waals surface area contributed by atoms with Crippen LogP contribution in [0.2, 0.25) is 0 Å². The summed E-state index contributed by atoms with van der Waals surface area (Å²) in [5.41, 5.74) is 0.944. The number of anilines is 1. The number of alkyl halides is 3. The number of fused-ring (bicyclic) bond motifs is 1. The Hall–Kier alpha value is -2.46. The standard InChI is InChI=1S/C15H11F4N3O2S/c16-10-3-1-9(2-4-10)12-13(22-5-6-25-14(22)21-12)20-11(23)7-24-8-15(17,18)19/h1-6H,7-8H2,(H,20,23). The molecule has 0 saturated carbocycles. The molecular weight excluding hydrogens is 362 g/mol. The van der Waals surface area contributed by atoms with Gasteiger partial charge in [0.25, 0.3) is 5.91 Å². The zero-order chi connectivity index (χ0) is 18.0. The lowest BCUT2D eigenvalue weighted by atomic mass is 10.1. The van der Waals surface area contributed by atoms with Crippen LogP contribution in [0.25, 0.3) is 16.2 Å². The molecule has 0 aliphatic heterocycles. The van der Waals surface area contributed by atoms with Crippen LogP contribution in [-0.4, -0.2) is 34.7 Å². The summed E-state index contributed by atoms with van der Waals surface area (Å²) in [6.07, 6.45) is -2.84. The highest BCUT2D eigenvalue weighted by Gasteiger charge is 2.28. The minimum atomic E-state index is -4.50. The maximum atomic E-state index is 13.1. The lowest BCUT2D eigenvalue weighted by Gasteiger charge is -2.09. The van der Waals surface area contributed by atoms with E-state index in [1.807, 2.05) is 0 Å². The molecule has 10 heteroatoms. The highest BCUT2D eigenvalue weighted by Crippen LogP contribution is 2.30. The second-order valence-corrected chi connectivity index (χ2v) is 5.90. The van der Waals surface area contributed by atoms with Crippen LogP contribution in [0.15, 0.2) is 35.8 Å². The van der Waals surface area contributed by atoms with E-state index in [-0.39, 0.29) is 5.82 Å². The van der Waals surface area contributed by atoms with Crippen LogP contribution >= 0.6 is 11.3 Å². The van der Waals surface area contributed by atoms with E-state index in [0.717, 1.165) is 0 Å². The monoisotopic (exact) mass is 373 g/mol. The predicted octanol–water partition coefficient (Wildman–Crippen LogP) is 3.72. The van der Waals surface area contributed by atoms with Crippen LogP contribution in [0.4, 0.5) is 23.4 Å². The molecule has 0 bridgehead atoms. The summed E-state index contributed by atoms with van der Waals surface area (Å²) < 4.78 is 55.2. The highest BCUT2D eigenvalue weighted by atomic mass is 32.1. The molecule has 2 aromatic heterocycles. The molecule has 0 aliphatic rings. The molecule has 1 N–H and O–H groups in total. The summed E-state index contributed by atoms with van der Waals surface area (Å²) in [6, 6.07) is 5.50. The van der Waals surface area contributed by atoms with Gasteiger partial charge in [0.2, 0.25) is 0 Å². The second kappa shape index (κ2) is 6.81. The molecule has 0 atom stereocenters. The number of benzene rings is 1. The van der Waals surface area contributed by atoms with Gasteiger partial charge in [-0.2, -0.15) is 13.2 Å². The minimum Gasteiger partial charge on any atom is -0.362 e. The van der Waals surface area contributed by atoms with Crippen molar-refractivity contribution in [3.05, 3.63) is 41.7 Å². The molecule has 3 aromatic rings. The topological polar surface area (TPSA) is 55.6 Å². The van der Waals surface area contributed by atoms with Crippen LogP contribution in [-0.2, 0) is 9.53 Å². The van der Waals surface area contributed by atoms with Crippen molar-refractivity contribution in [1.29, 1.82) is 0 Å². The Morgan fingerprint density at radius 1 is 1.28 bits per heavy atom. The Bertz CT molecular complexity index is 886. The van der Waals surface area contributed by atoms with Gasteiger partial charge in [0.15, 0.2) is 4.96 Å². The smallest absolute Gasteiger partial charge is 0.362 e. The van der Waals surface area contributed by atoms with Crippen molar-refractivity contribution in [3.63, 3.8) is 0 Å². The van der Waals surface area contributed by atoms with E-state index < -0.39 is 31.1 Å². The first-order chi connectivity index (χ1) is 11.8. The number of ether oxygens (including phenoxy) is 1. The van der Waals surface area contributed by atoms with Gasteiger partial charge < -0.3 is 10.1 Å². The van der Waals surface area contributed by atoms with Crippen molar-refractivity contribution in [2.24, 2.45) is 0 Å². The molecule has 0 radical (unpaired) electrons. The molecule has 5 nitrogen and oxygen atoms in total. The fraction of sp³-hybridized carbons (Fsp3) is 0.200. The van der Waals surface area contributed by atoms with Crippen LogP contribution in [0, 0.1) is 5.82 Å². The van der Waals surface area contributed by atoms with Gasteiger partial charge in [-0.15, -0.1) is 11.3 Å². The first-order valence-electron chi connectivity index (χ1n) is 6.99.